The molecular weight excluding hydrogens is 332 g/mol. The summed E-state index contributed by atoms with van der Waals surface area (Å²) in [5.41, 5.74) is -0.296. The number of benzene rings is 1. The first-order chi connectivity index (χ1) is 10.2. The maximum absolute atomic E-state index is 12.7. The highest BCUT2D eigenvalue weighted by molar-refractivity contribution is 7.89. The molecule has 1 heterocycles. The van der Waals surface area contributed by atoms with E-state index in [2.05, 4.69) is 0 Å². The van der Waals surface area contributed by atoms with E-state index in [1.165, 1.54) is 24.0 Å². The van der Waals surface area contributed by atoms with Gasteiger partial charge in [-0.05, 0) is 25.1 Å². The summed E-state index contributed by atoms with van der Waals surface area (Å²) in [6.07, 6.45) is 0. The fourth-order valence-corrected chi connectivity index (χ4v) is 4.09. The van der Waals surface area contributed by atoms with E-state index in [0.717, 1.165) is 10.4 Å². The zero-order valence-electron chi connectivity index (χ0n) is 12.0. The Balaban J connectivity index is 2.45. The fourth-order valence-electron chi connectivity index (χ4n) is 2.29. The highest BCUT2D eigenvalue weighted by Gasteiger charge is 2.38. The monoisotopic (exact) mass is 346 g/mol. The van der Waals surface area contributed by atoms with Gasteiger partial charge in [0, 0.05) is 20.1 Å². The van der Waals surface area contributed by atoms with E-state index in [9.17, 15) is 18.0 Å². The van der Waals surface area contributed by atoms with E-state index < -0.39 is 22.0 Å². The van der Waals surface area contributed by atoms with Crippen LogP contribution in [0.1, 0.15) is 17.3 Å². The summed E-state index contributed by atoms with van der Waals surface area (Å²) in [6.45, 7) is 1.93. The molecule has 1 N–H and O–H groups in total. The maximum atomic E-state index is 12.7. The Labute approximate surface area is 133 Å². The fraction of sp³-hybridized carbons (Fsp3) is 0.385. The van der Waals surface area contributed by atoms with Crippen LogP contribution in [-0.2, 0) is 14.8 Å². The van der Waals surface area contributed by atoms with E-state index in [0.29, 0.717) is 0 Å². The largest absolute Gasteiger partial charge is 0.478 e. The SMILES string of the molecule is CC1C(=O)N(C)CCN1S(=O)(=O)c1ccc(Cl)c(C(=O)O)c1. The summed E-state index contributed by atoms with van der Waals surface area (Å²) in [5.74, 6) is -1.62. The summed E-state index contributed by atoms with van der Waals surface area (Å²) in [6, 6.07) is 2.63. The van der Waals surface area contributed by atoms with E-state index in [-0.39, 0.29) is 34.5 Å². The number of hydrogen-bond donors (Lipinski definition) is 1. The van der Waals surface area contributed by atoms with Crippen LogP contribution in [0, 0.1) is 0 Å². The van der Waals surface area contributed by atoms with Crippen LogP contribution in [0.15, 0.2) is 23.1 Å². The van der Waals surface area contributed by atoms with Gasteiger partial charge in [0.1, 0.15) is 6.04 Å². The molecule has 1 aliphatic heterocycles. The number of aromatic carboxylic acids is 1. The van der Waals surface area contributed by atoms with Gasteiger partial charge in [-0.15, -0.1) is 0 Å². The molecule has 120 valence electrons. The maximum Gasteiger partial charge on any atom is 0.337 e. The Kier molecular flexibility index (Phi) is 4.46. The lowest BCUT2D eigenvalue weighted by atomic mass is 10.2. The lowest BCUT2D eigenvalue weighted by Crippen LogP contribution is -2.56. The molecule has 0 radical (unpaired) electrons. The number of carboxylic acids is 1. The minimum atomic E-state index is -3.98. The Bertz CT molecular complexity index is 734. The summed E-state index contributed by atoms with van der Waals surface area (Å²) >= 11 is 5.75. The Hall–Kier alpha value is -1.64. The molecule has 0 bridgehead atoms. The molecule has 2 rings (SSSR count). The zero-order valence-corrected chi connectivity index (χ0v) is 13.6. The van der Waals surface area contributed by atoms with Gasteiger partial charge in [-0.2, -0.15) is 4.31 Å². The van der Waals surface area contributed by atoms with Crippen molar-refractivity contribution < 1.29 is 23.1 Å². The number of amides is 1. The number of likely N-dealkylation sites (N-methyl/N-ethyl adjacent to an activating group) is 1. The minimum absolute atomic E-state index is 0.0473. The first kappa shape index (κ1) is 16.7. The smallest absolute Gasteiger partial charge is 0.337 e. The van der Waals surface area contributed by atoms with Crippen LogP contribution >= 0.6 is 11.6 Å². The van der Waals surface area contributed by atoms with Crippen molar-refractivity contribution >= 4 is 33.5 Å². The Morgan fingerprint density at radius 2 is 2.00 bits per heavy atom. The number of carbonyl (C=O) groups is 2. The number of halogens is 1. The van der Waals surface area contributed by atoms with Crippen molar-refractivity contribution in [2.75, 3.05) is 20.1 Å². The summed E-state index contributed by atoms with van der Waals surface area (Å²) in [5, 5.41) is 8.99. The number of hydrogen-bond acceptors (Lipinski definition) is 4. The first-order valence-electron chi connectivity index (χ1n) is 6.46. The van der Waals surface area contributed by atoms with Gasteiger partial charge in [-0.1, -0.05) is 11.6 Å². The van der Waals surface area contributed by atoms with Crippen molar-refractivity contribution in [1.29, 1.82) is 0 Å². The molecule has 1 amide bonds. The van der Waals surface area contributed by atoms with E-state index >= 15 is 0 Å². The normalized spacial score (nSPS) is 20.2. The molecule has 7 nitrogen and oxygen atoms in total. The summed E-state index contributed by atoms with van der Waals surface area (Å²) < 4.78 is 26.4. The van der Waals surface area contributed by atoms with Crippen LogP contribution in [-0.4, -0.2) is 60.8 Å². The number of nitrogens with zero attached hydrogens (tertiary/aromatic N) is 2. The van der Waals surface area contributed by atoms with Crippen molar-refractivity contribution in [3.05, 3.63) is 28.8 Å². The Morgan fingerprint density at radius 1 is 1.36 bits per heavy atom. The molecule has 1 atom stereocenters. The average molecular weight is 347 g/mol. The predicted octanol–water partition coefficient (Wildman–Crippen LogP) is 0.889. The lowest BCUT2D eigenvalue weighted by Gasteiger charge is -2.36. The second-order valence-electron chi connectivity index (χ2n) is 5.00. The van der Waals surface area contributed by atoms with Gasteiger partial charge >= 0.3 is 5.97 Å². The minimum Gasteiger partial charge on any atom is -0.478 e. The molecule has 1 unspecified atom stereocenters. The molecule has 0 aliphatic carbocycles. The molecule has 1 aromatic carbocycles. The molecule has 1 aliphatic rings. The number of carbonyl (C=O) groups excluding carboxylic acids is 1. The molecule has 1 saturated heterocycles. The first-order valence-corrected chi connectivity index (χ1v) is 8.27. The lowest BCUT2D eigenvalue weighted by molar-refractivity contribution is -0.136. The number of piperazine rings is 1. The quantitative estimate of drug-likeness (QED) is 0.877. The van der Waals surface area contributed by atoms with Gasteiger partial charge < -0.3 is 10.0 Å². The van der Waals surface area contributed by atoms with E-state index in [4.69, 9.17) is 16.7 Å². The van der Waals surface area contributed by atoms with Gasteiger partial charge in [0.05, 0.1) is 15.5 Å². The predicted molar refractivity (Wildman–Crippen MR) is 79.4 cm³/mol. The number of rotatable bonds is 3. The van der Waals surface area contributed by atoms with Crippen molar-refractivity contribution in [2.45, 2.75) is 17.9 Å². The van der Waals surface area contributed by atoms with Gasteiger partial charge in [0.15, 0.2) is 0 Å². The third kappa shape index (κ3) is 2.81. The number of sulfonamides is 1. The highest BCUT2D eigenvalue weighted by Crippen LogP contribution is 2.25. The second kappa shape index (κ2) is 5.86. The highest BCUT2D eigenvalue weighted by atomic mass is 35.5. The third-order valence-electron chi connectivity index (χ3n) is 3.60. The van der Waals surface area contributed by atoms with Crippen molar-refractivity contribution in [3.63, 3.8) is 0 Å². The average Bonchev–Trinajstić information content (AvgIpc) is 2.44. The van der Waals surface area contributed by atoms with Crippen LogP contribution in [0.5, 0.6) is 0 Å². The van der Waals surface area contributed by atoms with Gasteiger partial charge in [0.2, 0.25) is 15.9 Å². The molecule has 1 fully saturated rings. The van der Waals surface area contributed by atoms with Gasteiger partial charge in [-0.25, -0.2) is 13.2 Å². The van der Waals surface area contributed by atoms with E-state index in [1.807, 2.05) is 0 Å². The van der Waals surface area contributed by atoms with Gasteiger partial charge in [0.25, 0.3) is 0 Å². The molecule has 22 heavy (non-hydrogen) atoms. The van der Waals surface area contributed by atoms with Crippen LogP contribution in [0.2, 0.25) is 5.02 Å². The molecule has 9 heteroatoms. The van der Waals surface area contributed by atoms with Crippen LogP contribution < -0.4 is 0 Å². The van der Waals surface area contributed by atoms with Crippen molar-refractivity contribution in [1.82, 2.24) is 9.21 Å². The second-order valence-corrected chi connectivity index (χ2v) is 7.30. The Morgan fingerprint density at radius 3 is 2.59 bits per heavy atom. The van der Waals surface area contributed by atoms with Crippen LogP contribution in [0.25, 0.3) is 0 Å². The third-order valence-corrected chi connectivity index (χ3v) is 5.89. The number of carboxylic acid groups (broad SMARTS) is 1. The topological polar surface area (TPSA) is 95.0 Å². The van der Waals surface area contributed by atoms with Crippen molar-refractivity contribution in [3.8, 4) is 0 Å². The van der Waals surface area contributed by atoms with Crippen LogP contribution in [0.3, 0.4) is 0 Å². The summed E-state index contributed by atoms with van der Waals surface area (Å²) in [4.78, 5) is 24.3. The summed E-state index contributed by atoms with van der Waals surface area (Å²) in [7, 11) is -2.37. The zero-order chi connectivity index (χ0) is 16.7. The van der Waals surface area contributed by atoms with E-state index in [1.54, 1.807) is 7.05 Å². The van der Waals surface area contributed by atoms with Crippen LogP contribution in [0.4, 0.5) is 0 Å². The standard InChI is InChI=1S/C13H15ClN2O5S/c1-8-12(17)15(2)5-6-16(8)22(20,21)9-3-4-11(14)10(7-9)13(18)19/h3-4,7-8H,5-6H2,1-2H3,(H,18,19). The molecular formula is C13H15ClN2O5S. The molecule has 0 saturated carbocycles. The van der Waals surface area contributed by atoms with Crippen molar-refractivity contribution in [2.24, 2.45) is 0 Å². The van der Waals surface area contributed by atoms with Gasteiger partial charge in [-0.3, -0.25) is 4.79 Å². The molecule has 0 spiro atoms. The molecule has 1 aromatic rings. The molecule has 0 aromatic heterocycles.